The van der Waals surface area contributed by atoms with Gasteiger partial charge in [-0.25, -0.2) is 4.79 Å². The van der Waals surface area contributed by atoms with Crippen molar-refractivity contribution < 1.29 is 14.3 Å². The highest BCUT2D eigenvalue weighted by Crippen LogP contribution is 2.35. The molecule has 7 heteroatoms. The van der Waals surface area contributed by atoms with E-state index in [9.17, 15) is 9.59 Å². The second kappa shape index (κ2) is 9.22. The van der Waals surface area contributed by atoms with Crippen LogP contribution in [0, 0.1) is 0 Å². The van der Waals surface area contributed by atoms with Gasteiger partial charge in [0.2, 0.25) is 5.91 Å². The van der Waals surface area contributed by atoms with E-state index in [0.29, 0.717) is 12.3 Å². The summed E-state index contributed by atoms with van der Waals surface area (Å²) in [6.07, 6.45) is 1.29. The zero-order valence-corrected chi connectivity index (χ0v) is 18.5. The van der Waals surface area contributed by atoms with Crippen LogP contribution < -0.4 is 15.5 Å². The first-order valence-corrected chi connectivity index (χ1v) is 11.9. The number of carbonyl (C=O) groups excluding carboxylic acids is 2. The molecular formula is C25H25N3O3S. The number of nitrogens with zero attached hydrogens (tertiary/aromatic N) is 1. The molecule has 0 bridgehead atoms. The average Bonchev–Trinajstić information content (AvgIpc) is 3.18. The molecule has 0 saturated carbocycles. The maximum Gasteiger partial charge on any atom is 0.414 e. The van der Waals surface area contributed by atoms with E-state index in [4.69, 9.17) is 4.74 Å². The molecule has 2 N–H and O–H groups in total. The summed E-state index contributed by atoms with van der Waals surface area (Å²) in [6, 6.07) is 20.6. The molecule has 6 nitrogen and oxygen atoms in total. The first-order valence-electron chi connectivity index (χ1n) is 10.9. The van der Waals surface area contributed by atoms with Crippen molar-refractivity contribution in [2.24, 2.45) is 0 Å². The molecule has 2 aliphatic rings. The van der Waals surface area contributed by atoms with Crippen LogP contribution in [0.4, 0.5) is 16.2 Å². The maximum atomic E-state index is 12.4. The zero-order chi connectivity index (χ0) is 21.9. The number of anilines is 2. The zero-order valence-electron chi connectivity index (χ0n) is 17.7. The molecule has 164 valence electrons. The SMILES string of the molecule is O=C1CSc2ccc(N3CC(CCCNCc4ccc5ccccc5c4)OC3=O)cc2N1. The Kier molecular flexibility index (Phi) is 6.01. The molecule has 2 aliphatic heterocycles. The molecule has 1 saturated heterocycles. The normalized spacial score (nSPS) is 17.9. The smallest absolute Gasteiger partial charge is 0.414 e. The molecule has 1 unspecified atom stereocenters. The lowest BCUT2D eigenvalue weighted by atomic mass is 10.1. The lowest BCUT2D eigenvalue weighted by Gasteiger charge is -2.20. The number of fused-ring (bicyclic) bond motifs is 2. The summed E-state index contributed by atoms with van der Waals surface area (Å²) >= 11 is 1.51. The number of hydrogen-bond acceptors (Lipinski definition) is 5. The van der Waals surface area contributed by atoms with E-state index in [-0.39, 0.29) is 18.1 Å². The number of thioether (sulfide) groups is 1. The second-order valence-corrected chi connectivity index (χ2v) is 9.15. The van der Waals surface area contributed by atoms with Crippen LogP contribution in [0.5, 0.6) is 0 Å². The number of cyclic esters (lactones) is 1. The summed E-state index contributed by atoms with van der Waals surface area (Å²) in [5.74, 6) is 0.410. The Morgan fingerprint density at radius 1 is 1.06 bits per heavy atom. The van der Waals surface area contributed by atoms with Gasteiger partial charge in [-0.15, -0.1) is 11.8 Å². The van der Waals surface area contributed by atoms with Gasteiger partial charge in [0, 0.05) is 17.1 Å². The Balaban J connectivity index is 1.10. The van der Waals surface area contributed by atoms with Gasteiger partial charge >= 0.3 is 6.09 Å². The fraction of sp³-hybridized carbons (Fsp3) is 0.280. The number of nitrogens with one attached hydrogen (secondary N) is 2. The lowest BCUT2D eigenvalue weighted by molar-refractivity contribution is -0.113. The Morgan fingerprint density at radius 2 is 1.94 bits per heavy atom. The number of ether oxygens (including phenoxy) is 1. The van der Waals surface area contributed by atoms with E-state index in [1.54, 1.807) is 4.90 Å². The third-order valence-electron chi connectivity index (χ3n) is 5.80. The Labute approximate surface area is 191 Å². The minimum atomic E-state index is -0.325. The monoisotopic (exact) mass is 447 g/mol. The minimum absolute atomic E-state index is 0.0160. The van der Waals surface area contributed by atoms with E-state index in [0.717, 1.165) is 42.2 Å². The summed E-state index contributed by atoms with van der Waals surface area (Å²) in [6.45, 7) is 2.21. The fourth-order valence-corrected chi connectivity index (χ4v) is 4.95. The van der Waals surface area contributed by atoms with Crippen molar-refractivity contribution in [3.05, 3.63) is 66.2 Å². The Hall–Kier alpha value is -3.03. The van der Waals surface area contributed by atoms with Gasteiger partial charge in [-0.3, -0.25) is 9.69 Å². The van der Waals surface area contributed by atoms with Crippen LogP contribution in [0.15, 0.2) is 65.6 Å². The molecule has 5 rings (SSSR count). The molecule has 2 heterocycles. The van der Waals surface area contributed by atoms with Gasteiger partial charge < -0.3 is 15.4 Å². The molecule has 0 aromatic heterocycles. The molecule has 3 aromatic rings. The quantitative estimate of drug-likeness (QED) is 0.510. The Morgan fingerprint density at radius 3 is 2.84 bits per heavy atom. The standard InChI is InChI=1S/C25H25N3O3S/c29-24-16-32-23-10-9-20(13-22(23)27-24)28-15-21(31-25(28)30)6-3-11-26-14-17-7-8-18-4-1-2-5-19(18)12-17/h1-2,4-5,7-10,12-13,21,26H,3,6,11,14-16H2,(H,27,29). The van der Waals surface area contributed by atoms with Crippen LogP contribution in [0.3, 0.4) is 0 Å². The summed E-state index contributed by atoms with van der Waals surface area (Å²) in [5.41, 5.74) is 2.78. The van der Waals surface area contributed by atoms with Gasteiger partial charge in [-0.1, -0.05) is 36.4 Å². The number of carbonyl (C=O) groups is 2. The average molecular weight is 448 g/mol. The third kappa shape index (κ3) is 4.59. The number of amides is 2. The summed E-state index contributed by atoms with van der Waals surface area (Å²) < 4.78 is 5.57. The van der Waals surface area contributed by atoms with Crippen molar-refractivity contribution >= 4 is 45.9 Å². The van der Waals surface area contributed by atoms with Gasteiger partial charge in [0.25, 0.3) is 0 Å². The molecule has 32 heavy (non-hydrogen) atoms. The van der Waals surface area contributed by atoms with Crippen molar-refractivity contribution in [1.82, 2.24) is 5.32 Å². The molecule has 1 atom stereocenters. The fourth-order valence-electron chi connectivity index (χ4n) is 4.16. The summed E-state index contributed by atoms with van der Waals surface area (Å²) in [7, 11) is 0. The van der Waals surface area contributed by atoms with E-state index in [2.05, 4.69) is 53.1 Å². The van der Waals surface area contributed by atoms with Crippen molar-refractivity contribution in [3.63, 3.8) is 0 Å². The van der Waals surface area contributed by atoms with Gasteiger partial charge in [0.15, 0.2) is 0 Å². The van der Waals surface area contributed by atoms with Gasteiger partial charge in [0.05, 0.1) is 18.0 Å². The maximum absolute atomic E-state index is 12.4. The van der Waals surface area contributed by atoms with Gasteiger partial charge in [-0.05, 0) is 60.0 Å². The van der Waals surface area contributed by atoms with Crippen LogP contribution in [-0.2, 0) is 16.1 Å². The van der Waals surface area contributed by atoms with Gasteiger partial charge in [-0.2, -0.15) is 0 Å². The molecule has 1 fully saturated rings. The van der Waals surface area contributed by atoms with Crippen molar-refractivity contribution in [3.8, 4) is 0 Å². The predicted octanol–water partition coefficient (Wildman–Crippen LogP) is 4.78. The topological polar surface area (TPSA) is 70.7 Å². The largest absolute Gasteiger partial charge is 0.444 e. The van der Waals surface area contributed by atoms with Crippen LogP contribution in [0.25, 0.3) is 10.8 Å². The van der Waals surface area contributed by atoms with E-state index in [1.165, 1.54) is 28.1 Å². The first-order chi connectivity index (χ1) is 15.7. The van der Waals surface area contributed by atoms with Crippen LogP contribution >= 0.6 is 11.8 Å². The number of benzene rings is 3. The molecule has 0 spiro atoms. The molecule has 0 aliphatic carbocycles. The van der Waals surface area contributed by atoms with E-state index >= 15 is 0 Å². The minimum Gasteiger partial charge on any atom is -0.444 e. The Bertz CT molecular complexity index is 1170. The van der Waals surface area contributed by atoms with Crippen molar-refractivity contribution in [2.45, 2.75) is 30.4 Å². The predicted molar refractivity (Wildman–Crippen MR) is 128 cm³/mol. The van der Waals surface area contributed by atoms with Gasteiger partial charge in [0.1, 0.15) is 6.10 Å². The number of hydrogen-bond donors (Lipinski definition) is 2. The first kappa shape index (κ1) is 20.8. The molecule has 3 aromatic carbocycles. The molecule has 2 amide bonds. The highest BCUT2D eigenvalue weighted by atomic mass is 32.2. The van der Waals surface area contributed by atoms with Crippen LogP contribution in [0.2, 0.25) is 0 Å². The van der Waals surface area contributed by atoms with Crippen LogP contribution in [0.1, 0.15) is 18.4 Å². The van der Waals surface area contributed by atoms with E-state index < -0.39 is 0 Å². The van der Waals surface area contributed by atoms with Crippen molar-refractivity contribution in [1.29, 1.82) is 0 Å². The lowest BCUT2D eigenvalue weighted by Crippen LogP contribution is -2.25. The summed E-state index contributed by atoms with van der Waals surface area (Å²) in [5, 5.41) is 8.87. The van der Waals surface area contributed by atoms with Crippen LogP contribution in [-0.4, -0.2) is 36.9 Å². The number of rotatable bonds is 7. The highest BCUT2D eigenvalue weighted by molar-refractivity contribution is 8.00. The van der Waals surface area contributed by atoms with E-state index in [1.807, 2.05) is 18.2 Å². The van der Waals surface area contributed by atoms with Crippen molar-refractivity contribution in [2.75, 3.05) is 29.1 Å². The molecule has 0 radical (unpaired) electrons. The summed E-state index contributed by atoms with van der Waals surface area (Å²) in [4.78, 5) is 26.7. The second-order valence-electron chi connectivity index (χ2n) is 8.13. The third-order valence-corrected chi connectivity index (χ3v) is 6.88. The highest BCUT2D eigenvalue weighted by Gasteiger charge is 2.32. The molecular weight excluding hydrogens is 422 g/mol.